The lowest BCUT2D eigenvalue weighted by Crippen LogP contribution is -2.28. The van der Waals surface area contributed by atoms with Crippen molar-refractivity contribution in [2.24, 2.45) is 0 Å². The van der Waals surface area contributed by atoms with E-state index in [-0.39, 0.29) is 40.7 Å². The number of rotatable bonds is 5. The zero-order valence-corrected chi connectivity index (χ0v) is 29.4. The molecular weight excluding hydrogens is 708 g/mol. The van der Waals surface area contributed by atoms with Crippen molar-refractivity contribution in [1.82, 2.24) is 29.2 Å². The number of aryl methyl sites for hydroxylation is 4. The van der Waals surface area contributed by atoms with Crippen LogP contribution >= 0.6 is 0 Å². The molecule has 0 saturated heterocycles. The molecule has 6 rings (SSSR count). The van der Waals surface area contributed by atoms with E-state index in [1.807, 2.05) is 0 Å². The second kappa shape index (κ2) is 14.2. The zero-order valence-electron chi connectivity index (χ0n) is 29.4. The van der Waals surface area contributed by atoms with Gasteiger partial charge in [-0.1, -0.05) is 36.4 Å². The summed E-state index contributed by atoms with van der Waals surface area (Å²) in [5.74, 6) is 0.318. The molecule has 1 amide bonds. The van der Waals surface area contributed by atoms with Crippen LogP contribution in [0.15, 0.2) is 60.7 Å². The van der Waals surface area contributed by atoms with Crippen LogP contribution in [-0.2, 0) is 21.9 Å². The number of hydrogen-bond acceptors (Lipinski definition) is 8. The van der Waals surface area contributed by atoms with Crippen LogP contribution in [0.1, 0.15) is 54.4 Å². The van der Waals surface area contributed by atoms with Crippen molar-refractivity contribution in [2.45, 2.75) is 66.4 Å². The van der Waals surface area contributed by atoms with Gasteiger partial charge in [-0.05, 0) is 83.9 Å². The van der Waals surface area contributed by atoms with Crippen molar-refractivity contribution < 1.29 is 45.4 Å². The van der Waals surface area contributed by atoms with Crippen molar-refractivity contribution in [3.05, 3.63) is 94.3 Å². The van der Waals surface area contributed by atoms with Crippen LogP contribution in [0, 0.1) is 27.7 Å². The molecule has 2 aromatic carbocycles. The summed E-state index contributed by atoms with van der Waals surface area (Å²) in [6, 6.07) is 13.5. The predicted octanol–water partition coefficient (Wildman–Crippen LogP) is 8.95. The number of alkyl halides is 6. The van der Waals surface area contributed by atoms with Gasteiger partial charge in [-0.3, -0.25) is 10.1 Å². The molecule has 0 aliphatic rings. The number of carbonyl (C=O) groups excluding carboxylic acids is 2. The van der Waals surface area contributed by atoms with Crippen LogP contribution in [0.5, 0.6) is 5.88 Å². The molecule has 6 aromatic rings. The summed E-state index contributed by atoms with van der Waals surface area (Å²) in [6.45, 7) is 12.1. The lowest BCUT2D eigenvalue weighted by Gasteiger charge is -2.19. The van der Waals surface area contributed by atoms with Gasteiger partial charge in [0, 0.05) is 11.1 Å². The number of carbonyl (C=O) groups is 2. The van der Waals surface area contributed by atoms with Crippen LogP contribution in [0.2, 0.25) is 0 Å². The first-order chi connectivity index (χ1) is 24.7. The van der Waals surface area contributed by atoms with Gasteiger partial charge in [0.2, 0.25) is 5.88 Å². The largest absolute Gasteiger partial charge is 0.444 e. The maximum Gasteiger partial charge on any atom is 0.417 e. The van der Waals surface area contributed by atoms with Crippen molar-refractivity contribution in [3.8, 4) is 28.4 Å². The molecule has 0 spiro atoms. The van der Waals surface area contributed by atoms with E-state index in [0.29, 0.717) is 33.8 Å². The second-order valence-corrected chi connectivity index (χ2v) is 12.9. The lowest BCUT2D eigenvalue weighted by atomic mass is 10.0. The van der Waals surface area contributed by atoms with E-state index >= 15 is 0 Å². The Hall–Kier alpha value is -6.00. The van der Waals surface area contributed by atoms with Gasteiger partial charge in [0.05, 0.1) is 28.2 Å². The fourth-order valence-electron chi connectivity index (χ4n) is 5.43. The molecule has 0 unspecified atom stereocenters. The van der Waals surface area contributed by atoms with Gasteiger partial charge in [-0.15, -0.1) is 0 Å². The van der Waals surface area contributed by atoms with E-state index < -0.39 is 35.2 Å². The number of amides is 1. The number of imidazole rings is 2. The number of nitrogens with one attached hydrogen (secondary N) is 1. The van der Waals surface area contributed by atoms with Crippen molar-refractivity contribution in [1.29, 1.82) is 0 Å². The highest BCUT2D eigenvalue weighted by Crippen LogP contribution is 2.38. The Balaban J connectivity index is 0.000000208. The second-order valence-electron chi connectivity index (χ2n) is 12.9. The van der Waals surface area contributed by atoms with Crippen molar-refractivity contribution in [3.63, 3.8) is 0 Å². The van der Waals surface area contributed by atoms with E-state index in [1.54, 1.807) is 54.5 Å². The lowest BCUT2D eigenvalue weighted by molar-refractivity contribution is -0.137. The summed E-state index contributed by atoms with van der Waals surface area (Å²) in [5.41, 5.74) is 0.792. The topological polar surface area (TPSA) is 125 Å². The summed E-state index contributed by atoms with van der Waals surface area (Å²) in [5, 5.41) is 11.1. The van der Waals surface area contributed by atoms with Crippen LogP contribution < -0.4 is 10.1 Å². The first-order valence-corrected chi connectivity index (χ1v) is 15.9. The SMILES string of the molecule is Cc1nc2c(C)cc(-c3ccccc3C(F)(F)F)nn2c1NC(=O)OC(C)(C)C.Cc1nc2c(C)cc(-c3ccccc3C(F)(F)F)nn2c1OC=O. The number of fused-ring (bicyclic) bond motifs is 2. The van der Waals surface area contributed by atoms with Gasteiger partial charge in [0.25, 0.3) is 6.47 Å². The molecule has 0 fully saturated rings. The Morgan fingerprint density at radius 2 is 1.17 bits per heavy atom. The molecule has 17 heteroatoms. The molecule has 4 heterocycles. The monoisotopic (exact) mass is 741 g/mol. The number of aromatic nitrogens is 6. The molecule has 278 valence electrons. The average Bonchev–Trinajstić information content (AvgIpc) is 3.55. The summed E-state index contributed by atoms with van der Waals surface area (Å²) in [4.78, 5) is 31.5. The summed E-state index contributed by atoms with van der Waals surface area (Å²) in [6.07, 6.45) is -9.74. The third-order valence-corrected chi connectivity index (χ3v) is 7.63. The Morgan fingerprint density at radius 1 is 0.717 bits per heavy atom. The van der Waals surface area contributed by atoms with Crippen molar-refractivity contribution >= 4 is 29.7 Å². The highest BCUT2D eigenvalue weighted by molar-refractivity contribution is 5.85. The predicted molar refractivity (Wildman–Crippen MR) is 182 cm³/mol. The smallest absolute Gasteiger partial charge is 0.417 e. The first kappa shape index (κ1) is 38.2. The van der Waals surface area contributed by atoms with Crippen LogP contribution in [0.4, 0.5) is 37.0 Å². The summed E-state index contributed by atoms with van der Waals surface area (Å²) >= 11 is 0. The molecule has 0 aliphatic heterocycles. The van der Waals surface area contributed by atoms with E-state index in [9.17, 15) is 35.9 Å². The minimum atomic E-state index is -4.52. The maximum atomic E-state index is 13.4. The van der Waals surface area contributed by atoms with Gasteiger partial charge in [0.15, 0.2) is 17.1 Å². The van der Waals surface area contributed by atoms with E-state index in [4.69, 9.17) is 9.47 Å². The molecular formula is C36H33F6N7O4. The average molecular weight is 742 g/mol. The number of halogens is 6. The van der Waals surface area contributed by atoms with Gasteiger partial charge >= 0.3 is 18.4 Å². The van der Waals surface area contributed by atoms with Crippen LogP contribution in [0.3, 0.4) is 0 Å². The summed E-state index contributed by atoms with van der Waals surface area (Å²) in [7, 11) is 0. The first-order valence-electron chi connectivity index (χ1n) is 15.9. The molecule has 1 N–H and O–H groups in total. The zero-order chi connectivity index (χ0) is 39.0. The molecule has 0 atom stereocenters. The number of benzene rings is 2. The van der Waals surface area contributed by atoms with Gasteiger partial charge < -0.3 is 9.47 Å². The van der Waals surface area contributed by atoms with Gasteiger partial charge in [0.1, 0.15) is 11.3 Å². The Morgan fingerprint density at radius 3 is 1.64 bits per heavy atom. The number of ether oxygens (including phenoxy) is 2. The maximum absolute atomic E-state index is 13.4. The highest BCUT2D eigenvalue weighted by Gasteiger charge is 2.35. The molecule has 0 saturated carbocycles. The fraction of sp³-hybridized carbons (Fsp3) is 0.278. The van der Waals surface area contributed by atoms with E-state index in [1.165, 1.54) is 51.5 Å². The van der Waals surface area contributed by atoms with Gasteiger partial charge in [-0.25, -0.2) is 14.8 Å². The van der Waals surface area contributed by atoms with E-state index in [0.717, 1.165) is 12.1 Å². The Kier molecular flexibility index (Phi) is 10.2. The molecule has 0 aliphatic carbocycles. The van der Waals surface area contributed by atoms with Crippen LogP contribution in [-0.4, -0.2) is 47.4 Å². The Labute approximate surface area is 298 Å². The third kappa shape index (κ3) is 8.23. The standard InChI is InChI=1S/C20H21F3N4O2.C16H12F3N3O2/c1-11-10-15(13-8-6-7-9-14(13)20(21,22)23)26-27-16(11)24-12(2)17(27)25-18(28)29-19(3,4)5;1-9-7-13(11-5-3-4-6-12(11)16(17,18)19)21-22-14(9)20-10(2)15(22)24-8-23/h6-10H,1-5H3,(H,25,28);3-8H,1-2H3. The highest BCUT2D eigenvalue weighted by atomic mass is 19.4. The molecule has 0 radical (unpaired) electrons. The Bertz CT molecular complexity index is 2340. The van der Waals surface area contributed by atoms with Crippen molar-refractivity contribution in [2.75, 3.05) is 5.32 Å². The molecule has 53 heavy (non-hydrogen) atoms. The third-order valence-electron chi connectivity index (χ3n) is 7.63. The quantitative estimate of drug-likeness (QED) is 0.137. The minimum absolute atomic E-state index is 0.0560. The number of hydrogen-bond donors (Lipinski definition) is 1. The number of nitrogens with zero attached hydrogens (tertiary/aromatic N) is 6. The molecule has 11 nitrogen and oxygen atoms in total. The normalized spacial score (nSPS) is 12.0. The molecule has 0 bridgehead atoms. The fourth-order valence-corrected chi connectivity index (χ4v) is 5.43. The summed E-state index contributed by atoms with van der Waals surface area (Å²) < 4.78 is 92.7. The van der Waals surface area contributed by atoms with Gasteiger partial charge in [-0.2, -0.15) is 45.6 Å². The number of anilines is 1. The molecule has 4 aromatic heterocycles. The van der Waals surface area contributed by atoms with E-state index in [2.05, 4.69) is 25.5 Å². The minimum Gasteiger partial charge on any atom is -0.444 e. The van der Waals surface area contributed by atoms with Crippen LogP contribution in [0.25, 0.3) is 33.8 Å².